The van der Waals surface area contributed by atoms with Crippen LogP contribution in [-0.4, -0.2) is 20.1 Å². The third kappa shape index (κ3) is 4.07. The van der Waals surface area contributed by atoms with E-state index < -0.39 is 22.7 Å². The van der Waals surface area contributed by atoms with Crippen LogP contribution in [0.4, 0.5) is 15.2 Å². The van der Waals surface area contributed by atoms with Gasteiger partial charge >= 0.3 is 0 Å². The van der Waals surface area contributed by atoms with Gasteiger partial charge in [-0.15, -0.1) is 0 Å². The lowest BCUT2D eigenvalue weighted by Gasteiger charge is -2.05. The van der Waals surface area contributed by atoms with Crippen molar-refractivity contribution >= 4 is 50.6 Å². The number of nitrogen functional groups attached to an aromatic ring is 1. The topological polar surface area (TPSA) is 124 Å². The van der Waals surface area contributed by atoms with Crippen LogP contribution in [0.2, 0.25) is 5.02 Å². The van der Waals surface area contributed by atoms with Crippen LogP contribution in [0, 0.1) is 12.7 Å². The number of hydrogen-bond donors (Lipinski definition) is 3. The van der Waals surface area contributed by atoms with Gasteiger partial charge in [-0.2, -0.15) is 0 Å². The van der Waals surface area contributed by atoms with E-state index in [1.165, 1.54) is 18.3 Å². The smallest absolute Gasteiger partial charge is 0.261 e. The molecular weight excluding hydrogens is 413 g/mol. The summed E-state index contributed by atoms with van der Waals surface area (Å²) in [5, 5.41) is 0.359. The van der Waals surface area contributed by atoms with Gasteiger partial charge in [-0.3, -0.25) is 9.52 Å². The molecule has 5 N–H and O–H groups in total. The number of carbonyl (C=O) groups is 1. The molecule has 1 unspecified atom stereocenters. The first-order valence-corrected chi connectivity index (χ1v) is 9.77. The van der Waals surface area contributed by atoms with Crippen LogP contribution < -0.4 is 16.2 Å². The van der Waals surface area contributed by atoms with Crippen molar-refractivity contribution in [3.05, 3.63) is 51.7 Å². The summed E-state index contributed by atoms with van der Waals surface area (Å²) in [4.78, 5) is 20.2. The van der Waals surface area contributed by atoms with Gasteiger partial charge in [0.15, 0.2) is 21.1 Å². The van der Waals surface area contributed by atoms with Crippen molar-refractivity contribution in [2.75, 3.05) is 10.5 Å². The van der Waals surface area contributed by atoms with E-state index in [1.54, 1.807) is 13.0 Å². The fourth-order valence-corrected chi connectivity index (χ4v) is 4.34. The average Bonchev–Trinajstić information content (AvgIpc) is 3.01. The first-order valence-electron chi connectivity index (χ1n) is 7.43. The summed E-state index contributed by atoms with van der Waals surface area (Å²) in [7, 11) is -1.73. The number of nitrogens with two attached hydrogens (primary N) is 2. The number of anilines is 2. The van der Waals surface area contributed by atoms with E-state index in [-0.39, 0.29) is 25.8 Å². The fraction of sp³-hybridized carbons (Fsp3) is 0.0625. The lowest BCUT2D eigenvalue weighted by molar-refractivity contribution is 0.100. The molecule has 7 nitrogen and oxygen atoms in total. The Bertz CT molecular complexity index is 1070. The van der Waals surface area contributed by atoms with Gasteiger partial charge in [-0.1, -0.05) is 22.9 Å². The highest BCUT2D eigenvalue weighted by molar-refractivity contribution is 7.86. The zero-order chi connectivity index (χ0) is 19.7. The Morgan fingerprint density at radius 3 is 2.74 bits per heavy atom. The molecule has 0 bridgehead atoms. The fourth-order valence-electron chi connectivity index (χ4n) is 2.28. The molecule has 140 valence electrons. The van der Waals surface area contributed by atoms with E-state index in [0.29, 0.717) is 16.8 Å². The van der Waals surface area contributed by atoms with Crippen LogP contribution in [0.3, 0.4) is 0 Å². The largest absolute Gasteiger partial charge is 0.397 e. The van der Waals surface area contributed by atoms with Crippen molar-refractivity contribution in [1.29, 1.82) is 0 Å². The molecule has 27 heavy (non-hydrogen) atoms. The number of rotatable bonds is 5. The van der Waals surface area contributed by atoms with Crippen LogP contribution in [0.5, 0.6) is 0 Å². The zero-order valence-electron chi connectivity index (χ0n) is 13.8. The second kappa shape index (κ2) is 7.59. The summed E-state index contributed by atoms with van der Waals surface area (Å²) in [6, 6.07) is 5.57. The monoisotopic (exact) mass is 425 g/mol. The van der Waals surface area contributed by atoms with Gasteiger partial charge in [-0.25, -0.2) is 18.6 Å². The van der Waals surface area contributed by atoms with Crippen LogP contribution in [0.15, 0.2) is 35.5 Å². The van der Waals surface area contributed by atoms with Crippen molar-refractivity contribution in [1.82, 2.24) is 9.97 Å². The Hall–Kier alpha value is -2.56. The van der Waals surface area contributed by atoms with Gasteiger partial charge in [0.05, 0.1) is 22.6 Å². The molecule has 3 aromatic rings. The number of aryl methyl sites for hydroxylation is 1. The molecule has 0 fully saturated rings. The summed E-state index contributed by atoms with van der Waals surface area (Å²) in [6.45, 7) is 1.72. The molecule has 3 rings (SSSR count). The van der Waals surface area contributed by atoms with Crippen LogP contribution in [0.25, 0.3) is 11.3 Å². The number of halogens is 2. The predicted octanol–water partition coefficient (Wildman–Crippen LogP) is 3.12. The van der Waals surface area contributed by atoms with Crippen molar-refractivity contribution in [3.63, 3.8) is 0 Å². The Labute approximate surface area is 165 Å². The second-order valence-corrected chi connectivity index (χ2v) is 7.99. The Morgan fingerprint density at radius 2 is 2.11 bits per heavy atom. The van der Waals surface area contributed by atoms with Crippen molar-refractivity contribution < 1.29 is 13.4 Å². The highest BCUT2D eigenvalue weighted by Gasteiger charge is 2.20. The molecule has 0 saturated carbocycles. The number of amides is 1. The van der Waals surface area contributed by atoms with Gasteiger partial charge in [0.2, 0.25) is 0 Å². The molecule has 0 aliphatic heterocycles. The summed E-state index contributed by atoms with van der Waals surface area (Å²) >= 11 is 6.72. The first-order chi connectivity index (χ1) is 12.8. The van der Waals surface area contributed by atoms with Crippen LogP contribution >= 0.6 is 22.9 Å². The minimum atomic E-state index is -1.73. The number of carbonyl (C=O) groups excluding carboxylic acids is 1. The Kier molecular flexibility index (Phi) is 5.40. The Morgan fingerprint density at radius 1 is 1.37 bits per heavy atom. The number of nitrogens with zero attached hydrogens (tertiary/aromatic N) is 2. The SMILES string of the molecule is Cc1cc(N)cnc1S(=O)Nc1nc(-c2ccc(F)c(Cl)c2)c(C(N)=O)s1. The lowest BCUT2D eigenvalue weighted by atomic mass is 10.1. The van der Waals surface area contributed by atoms with E-state index in [0.717, 1.165) is 17.4 Å². The molecule has 0 radical (unpaired) electrons. The highest BCUT2D eigenvalue weighted by Crippen LogP contribution is 2.33. The van der Waals surface area contributed by atoms with E-state index in [9.17, 15) is 13.4 Å². The van der Waals surface area contributed by atoms with Gasteiger partial charge in [0.25, 0.3) is 5.91 Å². The van der Waals surface area contributed by atoms with Crippen molar-refractivity contribution in [2.45, 2.75) is 11.9 Å². The maximum atomic E-state index is 13.4. The molecule has 2 heterocycles. The maximum Gasteiger partial charge on any atom is 0.261 e. The zero-order valence-corrected chi connectivity index (χ0v) is 16.2. The highest BCUT2D eigenvalue weighted by atomic mass is 35.5. The standard InChI is InChI=1S/C16H13ClFN5O2S2/c1-7-4-9(19)6-21-15(7)27(25)23-16-22-12(13(26-16)14(20)24)8-2-3-11(18)10(17)5-8/h2-6H,19H2,1H3,(H2,20,24)(H,22,23). The minimum absolute atomic E-state index is 0.115. The first kappa shape index (κ1) is 19.2. The van der Waals surface area contributed by atoms with E-state index >= 15 is 0 Å². The third-order valence-electron chi connectivity index (χ3n) is 3.45. The molecule has 0 saturated heterocycles. The number of primary amides is 1. The molecular formula is C16H13ClFN5O2S2. The van der Waals surface area contributed by atoms with Gasteiger partial charge in [0.1, 0.15) is 10.7 Å². The van der Waals surface area contributed by atoms with Gasteiger partial charge < -0.3 is 11.5 Å². The lowest BCUT2D eigenvalue weighted by Crippen LogP contribution is -2.10. The third-order valence-corrected chi connectivity index (χ3v) is 6.01. The number of thiazole rings is 1. The quantitative estimate of drug-likeness (QED) is 0.579. The Balaban J connectivity index is 1.96. The average molecular weight is 426 g/mol. The van der Waals surface area contributed by atoms with E-state index in [1.807, 2.05) is 0 Å². The summed E-state index contributed by atoms with van der Waals surface area (Å²) in [5.41, 5.74) is 12.8. The number of aromatic nitrogens is 2. The molecule has 2 aromatic heterocycles. The molecule has 0 spiro atoms. The predicted molar refractivity (Wildman–Crippen MR) is 104 cm³/mol. The van der Waals surface area contributed by atoms with Crippen molar-refractivity contribution in [2.24, 2.45) is 5.73 Å². The normalized spacial score (nSPS) is 12.0. The minimum Gasteiger partial charge on any atom is -0.397 e. The molecule has 1 amide bonds. The number of benzene rings is 1. The van der Waals surface area contributed by atoms with Gasteiger partial charge in [0, 0.05) is 5.56 Å². The maximum absolute atomic E-state index is 13.4. The molecule has 1 atom stereocenters. The molecule has 0 aliphatic carbocycles. The van der Waals surface area contributed by atoms with E-state index in [2.05, 4.69) is 14.7 Å². The van der Waals surface area contributed by atoms with Gasteiger partial charge in [-0.05, 0) is 36.8 Å². The summed E-state index contributed by atoms with van der Waals surface area (Å²) in [5.74, 6) is -1.32. The number of nitrogens with one attached hydrogen (secondary N) is 1. The molecule has 11 heteroatoms. The van der Waals surface area contributed by atoms with E-state index in [4.69, 9.17) is 23.1 Å². The van der Waals surface area contributed by atoms with Crippen LogP contribution in [0.1, 0.15) is 15.2 Å². The van der Waals surface area contributed by atoms with Crippen molar-refractivity contribution in [3.8, 4) is 11.3 Å². The number of pyridine rings is 1. The second-order valence-electron chi connectivity index (χ2n) is 5.45. The van der Waals surface area contributed by atoms with Crippen LogP contribution in [-0.2, 0) is 11.0 Å². The summed E-state index contributed by atoms with van der Waals surface area (Å²) < 4.78 is 28.6. The number of hydrogen-bond acceptors (Lipinski definition) is 6. The molecule has 0 aliphatic rings. The summed E-state index contributed by atoms with van der Waals surface area (Å²) in [6.07, 6.45) is 1.39. The molecule has 1 aromatic carbocycles.